The Morgan fingerprint density at radius 2 is 1.74 bits per heavy atom. The minimum atomic E-state index is -0.815. The molecule has 1 atom stereocenters. The maximum absolute atomic E-state index is 6.16. The highest BCUT2D eigenvalue weighted by atomic mass is 15.1. The second-order valence-electron chi connectivity index (χ2n) is 11.7. The van der Waals surface area contributed by atoms with E-state index in [2.05, 4.69) is 67.0 Å². The normalized spacial score (nSPS) is 16.9. The van der Waals surface area contributed by atoms with E-state index in [1.54, 1.807) is 0 Å². The molecular weight excluding hydrogens is 458 g/mol. The lowest BCUT2D eigenvalue weighted by atomic mass is 9.54. The van der Waals surface area contributed by atoms with Gasteiger partial charge in [0, 0.05) is 23.1 Å². The van der Waals surface area contributed by atoms with Gasteiger partial charge in [0.15, 0.2) is 0 Å². The summed E-state index contributed by atoms with van der Waals surface area (Å²) in [4.78, 5) is 6.05. The van der Waals surface area contributed by atoms with Crippen LogP contribution in [0.15, 0.2) is 60.9 Å². The molecule has 1 aliphatic rings. The fraction of sp³-hybridized carbons (Fsp3) is 0.588. The number of rotatable bonds is 18. The third-order valence-corrected chi connectivity index (χ3v) is 8.13. The molecule has 1 aromatic heterocycles. The van der Waals surface area contributed by atoms with E-state index < -0.39 is 5.21 Å². The topological polar surface area (TPSA) is 19.0 Å². The highest BCUT2D eigenvalue weighted by molar-refractivity contribution is 6.42. The number of unbranched alkanes of at least 4 members (excludes halogenated alkanes) is 8. The summed E-state index contributed by atoms with van der Waals surface area (Å²) in [5.74, 6) is 0. The zero-order chi connectivity index (χ0) is 27.2. The molecule has 2 nitrogen and oxygen atoms in total. The number of nitrogens with one attached hydrogen (secondary N) is 1. The van der Waals surface area contributed by atoms with Gasteiger partial charge < -0.3 is 9.88 Å². The Kier molecular flexibility index (Phi) is 13.1. The Labute approximate surface area is 236 Å². The van der Waals surface area contributed by atoms with Crippen LogP contribution in [-0.2, 0) is 12.8 Å². The molecule has 38 heavy (non-hydrogen) atoms. The number of aromatic nitrogens is 1. The standard InChI is InChI=1S/C34H50B2N2/c1-4-5-6-11-14-22-34(35,36)23-15-12-9-7-8-10-13-18-28(2)25-29-19-16-21-32-33(29)30(27-37-32)26-31-20-17-24-38(31)3/h14-16,19,21-23,27,31,37H,2,4-13,17-18,20,24-26H2,1,3H3/b22-14-,23-15-/t31-/m1/s1. The number of hydrogen-bond acceptors (Lipinski definition) is 1. The Morgan fingerprint density at radius 3 is 2.45 bits per heavy atom. The number of hydrogen-bond donors (Lipinski definition) is 1. The highest BCUT2D eigenvalue weighted by Crippen LogP contribution is 2.29. The molecule has 4 heteroatoms. The number of likely N-dealkylation sites (tertiary alicyclic amines) is 1. The molecule has 1 aliphatic heterocycles. The van der Waals surface area contributed by atoms with Crippen LogP contribution >= 0.6 is 0 Å². The van der Waals surface area contributed by atoms with E-state index >= 15 is 0 Å². The van der Waals surface area contributed by atoms with Crippen LogP contribution in [0.1, 0.15) is 102 Å². The van der Waals surface area contributed by atoms with Crippen molar-refractivity contribution in [3.05, 3.63) is 72.0 Å². The molecule has 202 valence electrons. The van der Waals surface area contributed by atoms with Crippen LogP contribution < -0.4 is 0 Å². The average Bonchev–Trinajstić information content (AvgIpc) is 3.49. The van der Waals surface area contributed by atoms with Crippen molar-refractivity contribution in [2.24, 2.45) is 0 Å². The van der Waals surface area contributed by atoms with Crippen LogP contribution in [0.5, 0.6) is 0 Å². The molecule has 1 aromatic carbocycles. The van der Waals surface area contributed by atoms with Crippen LogP contribution in [-0.4, -0.2) is 45.2 Å². The van der Waals surface area contributed by atoms with Gasteiger partial charge in [0.05, 0.1) is 15.7 Å². The third kappa shape index (κ3) is 10.3. The fourth-order valence-corrected chi connectivity index (χ4v) is 5.80. The van der Waals surface area contributed by atoms with E-state index in [1.807, 2.05) is 12.2 Å². The summed E-state index contributed by atoms with van der Waals surface area (Å²) in [7, 11) is 14.6. The lowest BCUT2D eigenvalue weighted by Crippen LogP contribution is -2.26. The van der Waals surface area contributed by atoms with Crippen LogP contribution in [0, 0.1) is 0 Å². The Bertz CT molecular complexity index is 1030. The second kappa shape index (κ2) is 16.2. The largest absolute Gasteiger partial charge is 0.361 e. The summed E-state index contributed by atoms with van der Waals surface area (Å²) in [6.45, 7) is 7.89. The Hall–Kier alpha value is -1.93. The molecule has 0 amide bonds. The molecule has 3 rings (SSSR count). The van der Waals surface area contributed by atoms with Crippen LogP contribution in [0.4, 0.5) is 0 Å². The van der Waals surface area contributed by atoms with Gasteiger partial charge in [-0.15, -0.1) is 0 Å². The van der Waals surface area contributed by atoms with Crippen molar-refractivity contribution in [1.82, 2.24) is 9.88 Å². The van der Waals surface area contributed by atoms with Gasteiger partial charge in [-0.3, -0.25) is 0 Å². The zero-order valence-corrected chi connectivity index (χ0v) is 24.3. The van der Waals surface area contributed by atoms with E-state index in [-0.39, 0.29) is 0 Å². The molecule has 0 bridgehead atoms. The van der Waals surface area contributed by atoms with Gasteiger partial charge in [-0.2, -0.15) is 0 Å². The lowest BCUT2D eigenvalue weighted by molar-refractivity contribution is 0.310. The van der Waals surface area contributed by atoms with Crippen LogP contribution in [0.3, 0.4) is 0 Å². The van der Waals surface area contributed by atoms with E-state index in [0.717, 1.165) is 32.1 Å². The number of fused-ring (bicyclic) bond motifs is 1. The first-order chi connectivity index (χ1) is 18.4. The smallest absolute Gasteiger partial charge is 0.0728 e. The van der Waals surface area contributed by atoms with Crippen LogP contribution in [0.25, 0.3) is 10.9 Å². The number of benzene rings is 1. The maximum atomic E-state index is 6.16. The van der Waals surface area contributed by atoms with Gasteiger partial charge in [-0.05, 0) is 95.0 Å². The summed E-state index contributed by atoms with van der Waals surface area (Å²) < 4.78 is 0. The van der Waals surface area contributed by atoms with Crippen molar-refractivity contribution in [3.63, 3.8) is 0 Å². The first-order valence-electron chi connectivity index (χ1n) is 15.3. The maximum Gasteiger partial charge on any atom is 0.0728 e. The lowest BCUT2D eigenvalue weighted by Gasteiger charge is -2.19. The predicted molar refractivity (Wildman–Crippen MR) is 169 cm³/mol. The van der Waals surface area contributed by atoms with Crippen molar-refractivity contribution in [1.29, 1.82) is 0 Å². The van der Waals surface area contributed by atoms with Gasteiger partial charge in [-0.25, -0.2) is 0 Å². The number of nitrogens with zero attached hydrogens (tertiary/aromatic N) is 1. The molecule has 4 radical (unpaired) electrons. The minimum Gasteiger partial charge on any atom is -0.361 e. The van der Waals surface area contributed by atoms with Crippen molar-refractivity contribution in [3.8, 4) is 0 Å². The quantitative estimate of drug-likeness (QED) is 0.121. The average molecular weight is 508 g/mol. The molecule has 0 aliphatic carbocycles. The van der Waals surface area contributed by atoms with Gasteiger partial charge in [0.2, 0.25) is 0 Å². The molecular formula is C34H50B2N2. The first-order valence-corrected chi connectivity index (χ1v) is 15.3. The second-order valence-corrected chi connectivity index (χ2v) is 11.7. The van der Waals surface area contributed by atoms with E-state index in [4.69, 9.17) is 15.7 Å². The van der Waals surface area contributed by atoms with Gasteiger partial charge in [-0.1, -0.05) is 92.8 Å². The van der Waals surface area contributed by atoms with Crippen molar-refractivity contribution < 1.29 is 0 Å². The number of allylic oxidation sites excluding steroid dienone is 5. The minimum absolute atomic E-state index is 0.672. The first kappa shape index (κ1) is 30.6. The Balaban J connectivity index is 1.32. The van der Waals surface area contributed by atoms with E-state index in [1.165, 1.54) is 98.4 Å². The predicted octanol–water partition coefficient (Wildman–Crippen LogP) is 8.78. The third-order valence-electron chi connectivity index (χ3n) is 8.13. The van der Waals surface area contributed by atoms with E-state index in [0.29, 0.717) is 6.04 Å². The monoisotopic (exact) mass is 508 g/mol. The molecule has 2 aromatic rings. The molecule has 0 spiro atoms. The summed E-state index contributed by atoms with van der Waals surface area (Å²) in [5.41, 5.74) is 5.53. The molecule has 1 N–H and O–H groups in total. The van der Waals surface area contributed by atoms with Gasteiger partial charge in [0.1, 0.15) is 0 Å². The SMILES string of the molecule is [B]C([B])(/C=C\CCCCC)/C=C\CCCCCCCC(=C)Cc1cccc2[nH]cc(C[C@H]3CCCN3C)c12. The summed E-state index contributed by atoms with van der Waals surface area (Å²) in [6, 6.07) is 7.37. The molecule has 0 saturated carbocycles. The highest BCUT2D eigenvalue weighted by Gasteiger charge is 2.22. The number of H-pyrrole nitrogens is 1. The number of aromatic amines is 1. The van der Waals surface area contributed by atoms with Crippen molar-refractivity contribution >= 4 is 26.6 Å². The zero-order valence-electron chi connectivity index (χ0n) is 24.3. The summed E-state index contributed by atoms with van der Waals surface area (Å²) in [5, 5.41) is 0.623. The van der Waals surface area contributed by atoms with Crippen molar-refractivity contribution in [2.45, 2.75) is 114 Å². The van der Waals surface area contributed by atoms with Gasteiger partial charge in [0.25, 0.3) is 0 Å². The summed E-state index contributed by atoms with van der Waals surface area (Å²) >= 11 is 0. The molecule has 0 unspecified atom stereocenters. The Morgan fingerprint density at radius 1 is 1.03 bits per heavy atom. The molecule has 2 heterocycles. The van der Waals surface area contributed by atoms with Gasteiger partial charge >= 0.3 is 0 Å². The fourth-order valence-electron chi connectivity index (χ4n) is 5.80. The summed E-state index contributed by atoms with van der Waals surface area (Å²) in [6.07, 6.45) is 28.4. The van der Waals surface area contributed by atoms with E-state index in [9.17, 15) is 0 Å². The van der Waals surface area contributed by atoms with Crippen LogP contribution in [0.2, 0.25) is 5.21 Å². The molecule has 1 fully saturated rings. The number of likely N-dealkylation sites (N-methyl/N-ethyl adjacent to an activating group) is 1. The molecule has 1 saturated heterocycles. The van der Waals surface area contributed by atoms with Crippen molar-refractivity contribution in [2.75, 3.05) is 13.6 Å².